The lowest BCUT2D eigenvalue weighted by molar-refractivity contribution is -0.114. The maximum absolute atomic E-state index is 10.9. The molecule has 0 bridgehead atoms. The summed E-state index contributed by atoms with van der Waals surface area (Å²) in [6.45, 7) is 1.93. The third-order valence-corrected chi connectivity index (χ3v) is 2.02. The lowest BCUT2D eigenvalue weighted by Crippen LogP contribution is -2.09. The summed E-state index contributed by atoms with van der Waals surface area (Å²) in [5.41, 5.74) is 6.07. The largest absolute Gasteiger partial charge is 0.330 e. The third kappa shape index (κ3) is 1.98. The molecular formula is C9H12N6O. The molecule has 0 saturated carbocycles. The second-order valence-corrected chi connectivity index (χ2v) is 3.35. The molecule has 7 nitrogen and oxygen atoms in total. The normalized spacial score (nSPS) is 10.6. The SMILES string of the molecule is CC(=O)Nc1cnc2nnc(CCN)n2c1. The van der Waals surface area contributed by atoms with Crippen LogP contribution in [-0.4, -0.2) is 32.0 Å². The molecular weight excluding hydrogens is 208 g/mol. The molecule has 2 heterocycles. The van der Waals surface area contributed by atoms with E-state index in [-0.39, 0.29) is 5.91 Å². The highest BCUT2D eigenvalue weighted by Crippen LogP contribution is 2.08. The van der Waals surface area contributed by atoms with Crippen molar-refractivity contribution < 1.29 is 4.79 Å². The minimum atomic E-state index is -0.144. The van der Waals surface area contributed by atoms with Crippen molar-refractivity contribution in [1.82, 2.24) is 19.6 Å². The van der Waals surface area contributed by atoms with Crippen LogP contribution in [0.15, 0.2) is 12.4 Å². The van der Waals surface area contributed by atoms with Gasteiger partial charge in [-0.25, -0.2) is 4.98 Å². The summed E-state index contributed by atoms with van der Waals surface area (Å²) in [6.07, 6.45) is 3.89. The predicted octanol–water partition coefficient (Wildman–Crippen LogP) is -0.416. The Morgan fingerprint density at radius 3 is 3.06 bits per heavy atom. The van der Waals surface area contributed by atoms with Crippen molar-refractivity contribution in [2.24, 2.45) is 5.73 Å². The summed E-state index contributed by atoms with van der Waals surface area (Å²) < 4.78 is 1.72. The van der Waals surface area contributed by atoms with Gasteiger partial charge in [-0.05, 0) is 6.54 Å². The Labute approximate surface area is 91.7 Å². The van der Waals surface area contributed by atoms with E-state index in [4.69, 9.17) is 5.73 Å². The van der Waals surface area contributed by atoms with E-state index in [9.17, 15) is 4.79 Å². The Hall–Kier alpha value is -2.02. The van der Waals surface area contributed by atoms with Gasteiger partial charge in [0.25, 0.3) is 5.78 Å². The molecule has 7 heteroatoms. The molecule has 2 rings (SSSR count). The molecule has 0 aromatic carbocycles. The van der Waals surface area contributed by atoms with Gasteiger partial charge in [0.1, 0.15) is 5.82 Å². The number of nitrogens with zero attached hydrogens (tertiary/aromatic N) is 4. The minimum absolute atomic E-state index is 0.144. The number of amides is 1. The zero-order valence-corrected chi connectivity index (χ0v) is 8.84. The maximum atomic E-state index is 10.9. The Morgan fingerprint density at radius 2 is 2.38 bits per heavy atom. The molecule has 0 aliphatic carbocycles. The number of hydrogen-bond acceptors (Lipinski definition) is 5. The lowest BCUT2D eigenvalue weighted by Gasteiger charge is -2.02. The van der Waals surface area contributed by atoms with E-state index in [0.717, 1.165) is 5.82 Å². The van der Waals surface area contributed by atoms with Crippen LogP contribution < -0.4 is 11.1 Å². The first kappa shape index (κ1) is 10.5. The molecule has 0 aliphatic heterocycles. The van der Waals surface area contributed by atoms with Gasteiger partial charge >= 0.3 is 0 Å². The van der Waals surface area contributed by atoms with Gasteiger partial charge in [-0.2, -0.15) is 0 Å². The molecule has 1 amide bonds. The van der Waals surface area contributed by atoms with Crippen molar-refractivity contribution in [3.8, 4) is 0 Å². The minimum Gasteiger partial charge on any atom is -0.330 e. The van der Waals surface area contributed by atoms with Gasteiger partial charge in [0.2, 0.25) is 5.91 Å². The smallest absolute Gasteiger partial charge is 0.255 e. The monoisotopic (exact) mass is 220 g/mol. The van der Waals surface area contributed by atoms with Crippen molar-refractivity contribution in [2.45, 2.75) is 13.3 Å². The molecule has 0 aliphatic rings. The molecule has 16 heavy (non-hydrogen) atoms. The summed E-state index contributed by atoms with van der Waals surface area (Å²) in [6, 6.07) is 0. The van der Waals surface area contributed by atoms with E-state index >= 15 is 0 Å². The van der Waals surface area contributed by atoms with Gasteiger partial charge < -0.3 is 11.1 Å². The highest BCUT2D eigenvalue weighted by Gasteiger charge is 2.06. The summed E-state index contributed by atoms with van der Waals surface area (Å²) in [5.74, 6) is 1.09. The highest BCUT2D eigenvalue weighted by atomic mass is 16.1. The number of fused-ring (bicyclic) bond motifs is 1. The second-order valence-electron chi connectivity index (χ2n) is 3.35. The van der Waals surface area contributed by atoms with Gasteiger partial charge in [-0.15, -0.1) is 10.2 Å². The number of aromatic nitrogens is 4. The number of nitrogens with one attached hydrogen (secondary N) is 1. The van der Waals surface area contributed by atoms with Gasteiger partial charge in [0.15, 0.2) is 0 Å². The quantitative estimate of drug-likeness (QED) is 0.732. The molecule has 2 aromatic heterocycles. The molecule has 2 aromatic rings. The first-order valence-electron chi connectivity index (χ1n) is 4.88. The van der Waals surface area contributed by atoms with Crippen LogP contribution in [0.5, 0.6) is 0 Å². The van der Waals surface area contributed by atoms with E-state index in [1.165, 1.54) is 13.1 Å². The van der Waals surface area contributed by atoms with Crippen LogP contribution in [0.1, 0.15) is 12.7 Å². The summed E-state index contributed by atoms with van der Waals surface area (Å²) >= 11 is 0. The van der Waals surface area contributed by atoms with Gasteiger partial charge in [-0.1, -0.05) is 0 Å². The van der Waals surface area contributed by atoms with Crippen LogP contribution in [0.4, 0.5) is 5.69 Å². The molecule has 84 valence electrons. The van der Waals surface area contributed by atoms with Gasteiger partial charge in [-0.3, -0.25) is 9.20 Å². The van der Waals surface area contributed by atoms with E-state index in [0.29, 0.717) is 24.4 Å². The molecule has 3 N–H and O–H groups in total. The van der Waals surface area contributed by atoms with Crippen LogP contribution in [0.3, 0.4) is 0 Å². The fourth-order valence-electron chi connectivity index (χ4n) is 1.40. The fraction of sp³-hybridized carbons (Fsp3) is 0.333. The number of carbonyl (C=O) groups excluding carboxylic acids is 1. The Bertz CT molecular complexity index is 520. The summed E-state index contributed by atoms with van der Waals surface area (Å²) in [7, 11) is 0. The first-order chi connectivity index (χ1) is 7.70. The fourth-order valence-corrected chi connectivity index (χ4v) is 1.40. The van der Waals surface area contributed by atoms with Crippen molar-refractivity contribution in [3.05, 3.63) is 18.2 Å². The average Bonchev–Trinajstić information content (AvgIpc) is 2.61. The molecule has 0 fully saturated rings. The summed E-state index contributed by atoms with van der Waals surface area (Å²) in [4.78, 5) is 15.0. The molecule has 0 spiro atoms. The second kappa shape index (κ2) is 4.23. The van der Waals surface area contributed by atoms with Crippen molar-refractivity contribution in [3.63, 3.8) is 0 Å². The van der Waals surface area contributed by atoms with Crippen LogP contribution in [-0.2, 0) is 11.2 Å². The zero-order chi connectivity index (χ0) is 11.5. The highest BCUT2D eigenvalue weighted by molar-refractivity contribution is 5.88. The predicted molar refractivity (Wildman–Crippen MR) is 57.8 cm³/mol. The number of rotatable bonds is 3. The standard InChI is InChI=1S/C9H12N6O/c1-6(16)12-7-4-11-9-14-13-8(2-3-10)15(9)5-7/h4-5H,2-3,10H2,1H3,(H,12,16). The number of anilines is 1. The van der Waals surface area contributed by atoms with E-state index < -0.39 is 0 Å². The van der Waals surface area contributed by atoms with Crippen molar-refractivity contribution in [1.29, 1.82) is 0 Å². The van der Waals surface area contributed by atoms with E-state index in [1.54, 1.807) is 10.6 Å². The number of carbonyl (C=O) groups is 1. The molecule has 0 atom stereocenters. The van der Waals surface area contributed by atoms with Crippen LogP contribution in [0.2, 0.25) is 0 Å². The molecule has 0 radical (unpaired) electrons. The maximum Gasteiger partial charge on any atom is 0.255 e. The Balaban J connectivity index is 2.41. The van der Waals surface area contributed by atoms with E-state index in [2.05, 4.69) is 20.5 Å². The van der Waals surface area contributed by atoms with Gasteiger partial charge in [0, 0.05) is 19.5 Å². The average molecular weight is 220 g/mol. The van der Waals surface area contributed by atoms with Crippen LogP contribution in [0, 0.1) is 0 Å². The van der Waals surface area contributed by atoms with Gasteiger partial charge in [0.05, 0.1) is 11.9 Å². The van der Waals surface area contributed by atoms with Crippen LogP contribution in [0.25, 0.3) is 5.78 Å². The number of nitrogens with two attached hydrogens (primary N) is 1. The van der Waals surface area contributed by atoms with Crippen molar-refractivity contribution in [2.75, 3.05) is 11.9 Å². The van der Waals surface area contributed by atoms with Crippen LogP contribution >= 0.6 is 0 Å². The van der Waals surface area contributed by atoms with E-state index in [1.807, 2.05) is 0 Å². The summed E-state index contributed by atoms with van der Waals surface area (Å²) in [5, 5.41) is 10.5. The zero-order valence-electron chi connectivity index (χ0n) is 8.84. The Morgan fingerprint density at radius 1 is 1.56 bits per heavy atom. The molecule has 0 saturated heterocycles. The topological polar surface area (TPSA) is 98.2 Å². The first-order valence-corrected chi connectivity index (χ1v) is 4.88. The Kier molecular flexibility index (Phi) is 2.78. The third-order valence-electron chi connectivity index (χ3n) is 2.02. The number of hydrogen-bond donors (Lipinski definition) is 2. The molecule has 0 unspecified atom stereocenters. The van der Waals surface area contributed by atoms with Crippen molar-refractivity contribution >= 4 is 17.4 Å². The lowest BCUT2D eigenvalue weighted by atomic mass is 10.4.